The standard InChI is InChI=1S/C14H18F2N2O/c1-18(14(19)8-17-7-10-2-3-10)9-11-4-5-12(15)6-13(11)16/h4-6,10,17H,2-3,7-9H2,1H3. The normalized spacial score (nSPS) is 14.5. The lowest BCUT2D eigenvalue weighted by Gasteiger charge is -2.18. The number of likely N-dealkylation sites (N-methyl/N-ethyl adjacent to an activating group) is 1. The fourth-order valence-corrected chi connectivity index (χ4v) is 1.83. The molecule has 0 saturated heterocycles. The van der Waals surface area contributed by atoms with Gasteiger partial charge in [-0.3, -0.25) is 4.79 Å². The second-order valence-corrected chi connectivity index (χ2v) is 5.06. The van der Waals surface area contributed by atoms with Gasteiger partial charge in [-0.05, 0) is 31.4 Å². The van der Waals surface area contributed by atoms with E-state index in [1.54, 1.807) is 7.05 Å². The summed E-state index contributed by atoms with van der Waals surface area (Å²) in [7, 11) is 1.62. The largest absolute Gasteiger partial charge is 0.340 e. The van der Waals surface area contributed by atoms with Crippen molar-refractivity contribution in [3.05, 3.63) is 35.4 Å². The Morgan fingerprint density at radius 3 is 2.79 bits per heavy atom. The zero-order valence-corrected chi connectivity index (χ0v) is 11.0. The van der Waals surface area contributed by atoms with Gasteiger partial charge in [-0.25, -0.2) is 8.78 Å². The molecule has 5 heteroatoms. The highest BCUT2D eigenvalue weighted by molar-refractivity contribution is 5.77. The number of hydrogen-bond acceptors (Lipinski definition) is 2. The van der Waals surface area contributed by atoms with Crippen molar-refractivity contribution >= 4 is 5.91 Å². The minimum atomic E-state index is -0.620. The van der Waals surface area contributed by atoms with Gasteiger partial charge in [0.25, 0.3) is 0 Å². The smallest absolute Gasteiger partial charge is 0.236 e. The summed E-state index contributed by atoms with van der Waals surface area (Å²) in [6.45, 7) is 1.27. The molecule has 0 atom stereocenters. The van der Waals surface area contributed by atoms with E-state index in [-0.39, 0.29) is 19.0 Å². The quantitative estimate of drug-likeness (QED) is 0.855. The third kappa shape index (κ3) is 4.28. The van der Waals surface area contributed by atoms with Crippen molar-refractivity contribution in [3.8, 4) is 0 Å². The van der Waals surface area contributed by atoms with Crippen molar-refractivity contribution in [3.63, 3.8) is 0 Å². The van der Waals surface area contributed by atoms with Gasteiger partial charge in [-0.1, -0.05) is 6.07 Å². The summed E-state index contributed by atoms with van der Waals surface area (Å²) in [5.74, 6) is -0.607. The van der Waals surface area contributed by atoms with Crippen LogP contribution in [0.25, 0.3) is 0 Å². The van der Waals surface area contributed by atoms with Crippen LogP contribution in [-0.2, 0) is 11.3 Å². The molecule has 0 aliphatic heterocycles. The molecule has 104 valence electrons. The van der Waals surface area contributed by atoms with Crippen molar-refractivity contribution in [1.82, 2.24) is 10.2 Å². The first kappa shape index (κ1) is 13.9. The zero-order chi connectivity index (χ0) is 13.8. The monoisotopic (exact) mass is 268 g/mol. The van der Waals surface area contributed by atoms with Gasteiger partial charge in [0.1, 0.15) is 11.6 Å². The first-order chi connectivity index (χ1) is 9.06. The van der Waals surface area contributed by atoms with Gasteiger partial charge >= 0.3 is 0 Å². The lowest BCUT2D eigenvalue weighted by molar-refractivity contribution is -0.129. The van der Waals surface area contributed by atoms with Crippen LogP contribution in [0.4, 0.5) is 8.78 Å². The van der Waals surface area contributed by atoms with Crippen molar-refractivity contribution in [2.24, 2.45) is 5.92 Å². The average molecular weight is 268 g/mol. The Hall–Kier alpha value is -1.49. The van der Waals surface area contributed by atoms with E-state index in [0.717, 1.165) is 12.6 Å². The molecule has 1 aromatic carbocycles. The Kier molecular flexibility index (Phi) is 4.47. The third-order valence-electron chi connectivity index (χ3n) is 3.25. The molecular formula is C14H18F2N2O. The predicted molar refractivity (Wildman–Crippen MR) is 68.4 cm³/mol. The SMILES string of the molecule is CN(Cc1ccc(F)cc1F)C(=O)CNCC1CC1. The number of carbonyl (C=O) groups excluding carboxylic acids is 1. The van der Waals surface area contributed by atoms with Crippen LogP contribution in [0.2, 0.25) is 0 Å². The summed E-state index contributed by atoms with van der Waals surface area (Å²) in [6, 6.07) is 3.40. The molecule has 2 rings (SSSR count). The highest BCUT2D eigenvalue weighted by atomic mass is 19.1. The first-order valence-electron chi connectivity index (χ1n) is 6.45. The van der Waals surface area contributed by atoms with E-state index in [0.29, 0.717) is 11.5 Å². The number of nitrogens with one attached hydrogen (secondary N) is 1. The van der Waals surface area contributed by atoms with Crippen LogP contribution in [-0.4, -0.2) is 30.9 Å². The molecule has 0 spiro atoms. The molecule has 3 nitrogen and oxygen atoms in total. The molecule has 0 radical (unpaired) electrons. The van der Waals surface area contributed by atoms with Gasteiger partial charge in [-0.2, -0.15) is 0 Å². The highest BCUT2D eigenvalue weighted by Gasteiger charge is 2.21. The topological polar surface area (TPSA) is 32.3 Å². The van der Waals surface area contributed by atoms with Gasteiger partial charge in [0, 0.05) is 25.2 Å². The van der Waals surface area contributed by atoms with Gasteiger partial charge in [-0.15, -0.1) is 0 Å². The fourth-order valence-electron chi connectivity index (χ4n) is 1.83. The summed E-state index contributed by atoms with van der Waals surface area (Å²) in [5.41, 5.74) is 0.319. The first-order valence-corrected chi connectivity index (χ1v) is 6.45. The lowest BCUT2D eigenvalue weighted by Crippen LogP contribution is -2.36. The molecule has 1 aromatic rings. The number of amides is 1. The Morgan fingerprint density at radius 1 is 1.42 bits per heavy atom. The second kappa shape index (κ2) is 6.10. The van der Waals surface area contributed by atoms with E-state index < -0.39 is 11.6 Å². The van der Waals surface area contributed by atoms with Crippen molar-refractivity contribution in [1.29, 1.82) is 0 Å². The molecule has 0 unspecified atom stereocenters. The predicted octanol–water partition coefficient (Wildman–Crippen LogP) is 1.92. The molecule has 0 heterocycles. The minimum Gasteiger partial charge on any atom is -0.340 e. The number of nitrogens with zero attached hydrogens (tertiary/aromatic N) is 1. The van der Waals surface area contributed by atoms with E-state index >= 15 is 0 Å². The second-order valence-electron chi connectivity index (χ2n) is 5.06. The summed E-state index contributed by atoms with van der Waals surface area (Å²) in [6.07, 6.45) is 2.47. The van der Waals surface area contributed by atoms with E-state index in [4.69, 9.17) is 0 Å². The van der Waals surface area contributed by atoms with E-state index in [9.17, 15) is 13.6 Å². The number of rotatable bonds is 6. The van der Waals surface area contributed by atoms with Gasteiger partial charge in [0.2, 0.25) is 5.91 Å². The van der Waals surface area contributed by atoms with E-state index in [1.807, 2.05) is 0 Å². The Balaban J connectivity index is 1.81. The molecule has 0 aromatic heterocycles. The van der Waals surface area contributed by atoms with Crippen molar-refractivity contribution < 1.29 is 13.6 Å². The van der Waals surface area contributed by atoms with Crippen LogP contribution in [0.1, 0.15) is 18.4 Å². The van der Waals surface area contributed by atoms with Crippen LogP contribution in [0.5, 0.6) is 0 Å². The van der Waals surface area contributed by atoms with Gasteiger partial charge in [0.05, 0.1) is 6.54 Å². The van der Waals surface area contributed by atoms with Crippen LogP contribution in [0.15, 0.2) is 18.2 Å². The molecule has 0 bridgehead atoms. The van der Waals surface area contributed by atoms with Crippen LogP contribution < -0.4 is 5.32 Å². The number of hydrogen-bond donors (Lipinski definition) is 1. The maximum Gasteiger partial charge on any atom is 0.236 e. The van der Waals surface area contributed by atoms with Crippen LogP contribution >= 0.6 is 0 Å². The van der Waals surface area contributed by atoms with Gasteiger partial charge < -0.3 is 10.2 Å². The Labute approximate surface area is 111 Å². The van der Waals surface area contributed by atoms with Gasteiger partial charge in [0.15, 0.2) is 0 Å². The molecule has 1 saturated carbocycles. The summed E-state index contributed by atoms with van der Waals surface area (Å²) >= 11 is 0. The fraction of sp³-hybridized carbons (Fsp3) is 0.500. The van der Waals surface area contributed by atoms with E-state index in [1.165, 1.54) is 29.9 Å². The van der Waals surface area contributed by atoms with E-state index in [2.05, 4.69) is 5.32 Å². The molecule has 19 heavy (non-hydrogen) atoms. The zero-order valence-electron chi connectivity index (χ0n) is 11.0. The average Bonchev–Trinajstić information content (AvgIpc) is 3.16. The maximum atomic E-state index is 13.4. The number of halogens is 2. The molecule has 1 fully saturated rings. The van der Waals surface area contributed by atoms with Crippen LogP contribution in [0.3, 0.4) is 0 Å². The molecule has 1 aliphatic carbocycles. The molecule has 1 N–H and O–H groups in total. The lowest BCUT2D eigenvalue weighted by atomic mass is 10.2. The molecule has 1 aliphatic rings. The summed E-state index contributed by atoms with van der Waals surface area (Å²) < 4.78 is 26.2. The Morgan fingerprint density at radius 2 is 2.16 bits per heavy atom. The minimum absolute atomic E-state index is 0.0932. The molecular weight excluding hydrogens is 250 g/mol. The number of benzene rings is 1. The third-order valence-corrected chi connectivity index (χ3v) is 3.25. The van der Waals surface area contributed by atoms with Crippen molar-refractivity contribution in [2.75, 3.05) is 20.1 Å². The summed E-state index contributed by atoms with van der Waals surface area (Å²) in [5, 5.41) is 3.09. The number of carbonyl (C=O) groups is 1. The summed E-state index contributed by atoms with van der Waals surface area (Å²) in [4.78, 5) is 13.2. The maximum absolute atomic E-state index is 13.4. The Bertz CT molecular complexity index is 461. The van der Waals surface area contributed by atoms with Crippen LogP contribution in [0, 0.1) is 17.6 Å². The highest BCUT2D eigenvalue weighted by Crippen LogP contribution is 2.27. The van der Waals surface area contributed by atoms with Crippen molar-refractivity contribution in [2.45, 2.75) is 19.4 Å². The molecule has 1 amide bonds.